The number of hydrogen-bond acceptors (Lipinski definition) is 5. The third kappa shape index (κ3) is 4.91. The summed E-state index contributed by atoms with van der Waals surface area (Å²) in [5.41, 5.74) is 5.13. The summed E-state index contributed by atoms with van der Waals surface area (Å²) in [6, 6.07) is 9.21. The van der Waals surface area contributed by atoms with Crippen LogP contribution in [0.3, 0.4) is 0 Å². The molecule has 3 heterocycles. The van der Waals surface area contributed by atoms with Gasteiger partial charge in [-0.2, -0.15) is 0 Å². The summed E-state index contributed by atoms with van der Waals surface area (Å²) in [4.78, 5) is 22.6. The van der Waals surface area contributed by atoms with Crippen molar-refractivity contribution in [3.8, 4) is 0 Å². The van der Waals surface area contributed by atoms with Crippen molar-refractivity contribution in [2.75, 3.05) is 30.0 Å². The Balaban J connectivity index is 1.77. The van der Waals surface area contributed by atoms with Crippen molar-refractivity contribution in [1.82, 2.24) is 9.97 Å². The van der Waals surface area contributed by atoms with Gasteiger partial charge in [-0.1, -0.05) is 13.8 Å². The normalized spacial score (nSPS) is 14.7. The van der Waals surface area contributed by atoms with Gasteiger partial charge in [0.25, 0.3) is 5.56 Å². The molecule has 176 valence electrons. The van der Waals surface area contributed by atoms with Gasteiger partial charge in [0.2, 0.25) is 0 Å². The van der Waals surface area contributed by atoms with Gasteiger partial charge in [-0.05, 0) is 74.9 Å². The zero-order valence-corrected chi connectivity index (χ0v) is 20.5. The maximum Gasteiger partial charge on any atom is 0.253 e. The van der Waals surface area contributed by atoms with E-state index in [2.05, 4.69) is 59.2 Å². The van der Waals surface area contributed by atoms with Crippen molar-refractivity contribution in [3.63, 3.8) is 0 Å². The number of aromatic nitrogens is 2. The fourth-order valence-corrected chi connectivity index (χ4v) is 4.89. The van der Waals surface area contributed by atoms with Crippen LogP contribution in [0.4, 0.5) is 11.5 Å². The number of aryl methyl sites for hydroxylation is 2. The molecule has 1 fully saturated rings. The summed E-state index contributed by atoms with van der Waals surface area (Å²) >= 11 is 0. The highest BCUT2D eigenvalue weighted by Gasteiger charge is 2.23. The first-order valence-corrected chi connectivity index (χ1v) is 12.1. The molecule has 2 N–H and O–H groups in total. The third-order valence-corrected chi connectivity index (χ3v) is 6.76. The van der Waals surface area contributed by atoms with Gasteiger partial charge in [0.1, 0.15) is 5.82 Å². The standard InChI is InChI=1S/C27H36N4O2/c1-6-31(21-8-11-33-12-9-21)25-15-20(17(2)3)14-23-22(25)7-10-28-26(23)29-16-24-18(4)13-19(5)30-27(24)32/h7,10,13-15,17,21H,6,8-9,11-12,16H2,1-5H3,(H,28,29)(H,30,32). The van der Waals surface area contributed by atoms with Crippen molar-refractivity contribution in [2.45, 2.75) is 66.0 Å². The van der Waals surface area contributed by atoms with Gasteiger partial charge in [0.05, 0.1) is 0 Å². The number of benzene rings is 1. The number of nitrogens with zero attached hydrogens (tertiary/aromatic N) is 2. The van der Waals surface area contributed by atoms with Crippen LogP contribution in [0.15, 0.2) is 35.3 Å². The van der Waals surface area contributed by atoms with E-state index >= 15 is 0 Å². The van der Waals surface area contributed by atoms with Crippen molar-refractivity contribution >= 4 is 22.3 Å². The highest BCUT2D eigenvalue weighted by atomic mass is 16.5. The highest BCUT2D eigenvalue weighted by Crippen LogP contribution is 2.36. The smallest absolute Gasteiger partial charge is 0.253 e. The molecule has 0 unspecified atom stereocenters. The lowest BCUT2D eigenvalue weighted by Gasteiger charge is -2.36. The van der Waals surface area contributed by atoms with Crippen LogP contribution in [-0.4, -0.2) is 35.8 Å². The van der Waals surface area contributed by atoms with Crippen molar-refractivity contribution in [2.24, 2.45) is 0 Å². The quantitative estimate of drug-likeness (QED) is 0.515. The maximum absolute atomic E-state index is 12.5. The van der Waals surface area contributed by atoms with Gasteiger partial charge in [-0.25, -0.2) is 4.98 Å². The first-order chi connectivity index (χ1) is 15.9. The molecule has 33 heavy (non-hydrogen) atoms. The minimum absolute atomic E-state index is 0.0412. The van der Waals surface area contributed by atoms with E-state index in [0.29, 0.717) is 18.5 Å². The zero-order valence-electron chi connectivity index (χ0n) is 20.5. The Bertz CT molecular complexity index is 1180. The monoisotopic (exact) mass is 448 g/mol. The molecule has 0 aliphatic carbocycles. The molecule has 2 aromatic heterocycles. The Morgan fingerprint density at radius 1 is 1.18 bits per heavy atom. The van der Waals surface area contributed by atoms with E-state index in [0.717, 1.165) is 60.6 Å². The van der Waals surface area contributed by atoms with Crippen molar-refractivity contribution in [3.05, 3.63) is 63.2 Å². The van der Waals surface area contributed by atoms with E-state index in [1.165, 1.54) is 16.6 Å². The minimum atomic E-state index is -0.0412. The molecule has 6 heteroatoms. The number of anilines is 2. The molecular weight excluding hydrogens is 412 g/mol. The molecule has 0 amide bonds. The molecule has 0 spiro atoms. The summed E-state index contributed by atoms with van der Waals surface area (Å²) in [7, 11) is 0. The molecule has 0 radical (unpaired) electrons. The minimum Gasteiger partial charge on any atom is -0.381 e. The number of aromatic amines is 1. The van der Waals surface area contributed by atoms with Crippen LogP contribution in [0, 0.1) is 13.8 Å². The van der Waals surface area contributed by atoms with E-state index in [1.807, 2.05) is 26.1 Å². The van der Waals surface area contributed by atoms with Crippen LogP contribution < -0.4 is 15.8 Å². The molecule has 6 nitrogen and oxygen atoms in total. The first kappa shape index (κ1) is 23.3. The Morgan fingerprint density at radius 3 is 2.61 bits per heavy atom. The molecular formula is C27H36N4O2. The molecule has 1 aliphatic heterocycles. The van der Waals surface area contributed by atoms with Gasteiger partial charge in [-0.3, -0.25) is 4.79 Å². The van der Waals surface area contributed by atoms with E-state index < -0.39 is 0 Å². The number of rotatable bonds is 7. The Labute approximate surface area is 196 Å². The summed E-state index contributed by atoms with van der Waals surface area (Å²) in [5, 5.41) is 5.76. The molecule has 0 saturated carbocycles. The number of fused-ring (bicyclic) bond motifs is 1. The Morgan fingerprint density at radius 2 is 1.94 bits per heavy atom. The number of pyridine rings is 2. The first-order valence-electron chi connectivity index (χ1n) is 12.1. The predicted octanol–water partition coefficient (Wildman–Crippen LogP) is 5.28. The second kappa shape index (κ2) is 9.96. The van der Waals surface area contributed by atoms with Crippen LogP contribution in [0.25, 0.3) is 10.8 Å². The molecule has 1 aromatic carbocycles. The average molecular weight is 449 g/mol. The zero-order chi connectivity index (χ0) is 23.5. The van der Waals surface area contributed by atoms with Crippen molar-refractivity contribution in [1.29, 1.82) is 0 Å². The Kier molecular flexibility index (Phi) is 7.03. The molecule has 1 saturated heterocycles. The highest BCUT2D eigenvalue weighted by molar-refractivity contribution is 6.01. The number of H-pyrrole nitrogens is 1. The summed E-state index contributed by atoms with van der Waals surface area (Å²) in [5.74, 6) is 1.22. The lowest BCUT2D eigenvalue weighted by Crippen LogP contribution is -2.39. The number of hydrogen-bond donors (Lipinski definition) is 2. The maximum atomic E-state index is 12.5. The largest absolute Gasteiger partial charge is 0.381 e. The lowest BCUT2D eigenvalue weighted by atomic mass is 9.96. The molecule has 0 bridgehead atoms. The number of nitrogens with one attached hydrogen (secondary N) is 2. The predicted molar refractivity (Wildman–Crippen MR) is 137 cm³/mol. The van der Waals surface area contributed by atoms with Gasteiger partial charge < -0.3 is 19.9 Å². The number of ether oxygens (including phenoxy) is 1. The van der Waals surface area contributed by atoms with Gasteiger partial charge in [0.15, 0.2) is 0 Å². The van der Waals surface area contributed by atoms with Gasteiger partial charge >= 0.3 is 0 Å². The van der Waals surface area contributed by atoms with Crippen LogP contribution >= 0.6 is 0 Å². The second-order valence-corrected chi connectivity index (χ2v) is 9.38. The second-order valence-electron chi connectivity index (χ2n) is 9.38. The summed E-state index contributed by atoms with van der Waals surface area (Å²) in [6.07, 6.45) is 3.97. The lowest BCUT2D eigenvalue weighted by molar-refractivity contribution is 0.0847. The fraction of sp³-hybridized carbons (Fsp3) is 0.481. The third-order valence-electron chi connectivity index (χ3n) is 6.76. The van der Waals surface area contributed by atoms with Crippen LogP contribution in [-0.2, 0) is 11.3 Å². The van der Waals surface area contributed by atoms with Crippen molar-refractivity contribution < 1.29 is 4.74 Å². The van der Waals surface area contributed by atoms with E-state index in [4.69, 9.17) is 4.74 Å². The van der Waals surface area contributed by atoms with Crippen LogP contribution in [0.2, 0.25) is 0 Å². The topological polar surface area (TPSA) is 70.2 Å². The van der Waals surface area contributed by atoms with E-state index in [1.54, 1.807) is 0 Å². The van der Waals surface area contributed by atoms with E-state index in [9.17, 15) is 4.79 Å². The average Bonchev–Trinajstić information content (AvgIpc) is 2.79. The fourth-order valence-electron chi connectivity index (χ4n) is 4.89. The van der Waals surface area contributed by atoms with Gasteiger partial charge in [-0.15, -0.1) is 0 Å². The SMILES string of the molecule is CCN(c1cc(C(C)C)cc2c(NCc3c(C)cc(C)[nH]c3=O)nccc12)C1CCOCC1. The Hall–Kier alpha value is -2.86. The molecule has 0 atom stereocenters. The molecule has 3 aromatic rings. The van der Waals surface area contributed by atoms with E-state index in [-0.39, 0.29) is 5.56 Å². The van der Waals surface area contributed by atoms with Crippen LogP contribution in [0.1, 0.15) is 61.9 Å². The van der Waals surface area contributed by atoms with Crippen LogP contribution in [0.5, 0.6) is 0 Å². The summed E-state index contributed by atoms with van der Waals surface area (Å²) in [6.45, 7) is 13.6. The van der Waals surface area contributed by atoms with Gasteiger partial charge in [0, 0.05) is 66.3 Å². The summed E-state index contributed by atoms with van der Waals surface area (Å²) < 4.78 is 5.62. The molecule has 4 rings (SSSR count). The molecule has 1 aliphatic rings.